The summed E-state index contributed by atoms with van der Waals surface area (Å²) < 4.78 is 22.0. The molecular weight excluding hydrogens is 280 g/mol. The molecule has 0 spiro atoms. The van der Waals surface area contributed by atoms with Crippen molar-refractivity contribution in [3.05, 3.63) is 35.9 Å². The van der Waals surface area contributed by atoms with E-state index in [1.165, 1.54) is 0 Å². The summed E-state index contributed by atoms with van der Waals surface area (Å²) in [4.78, 5) is 35.6. The van der Waals surface area contributed by atoms with Crippen LogP contribution in [-0.2, 0) is 15.7 Å². The van der Waals surface area contributed by atoms with Crippen LogP contribution in [0.15, 0.2) is 30.3 Å². The van der Waals surface area contributed by atoms with Crippen LogP contribution >= 0.6 is 15.2 Å². The summed E-state index contributed by atoms with van der Waals surface area (Å²) in [6.07, 6.45) is 0. The maximum atomic E-state index is 11.0. The lowest BCUT2D eigenvalue weighted by molar-refractivity contribution is 0.336. The van der Waals surface area contributed by atoms with Crippen molar-refractivity contribution in [1.29, 1.82) is 0 Å². The molecule has 1 aromatic carbocycles. The molecule has 0 saturated carbocycles. The van der Waals surface area contributed by atoms with E-state index in [-0.39, 0.29) is 6.54 Å². The average molecular weight is 295 g/mol. The van der Waals surface area contributed by atoms with Crippen LogP contribution < -0.4 is 5.32 Å². The molecule has 0 saturated heterocycles. The van der Waals surface area contributed by atoms with E-state index in [0.29, 0.717) is 0 Å². The molecule has 0 bridgehead atoms. The van der Waals surface area contributed by atoms with E-state index < -0.39 is 27.1 Å². The van der Waals surface area contributed by atoms with E-state index in [2.05, 4.69) is 5.32 Å². The minimum Gasteiger partial charge on any atom is -0.324 e. The van der Waals surface area contributed by atoms with Crippen LogP contribution in [0.5, 0.6) is 0 Å². The maximum absolute atomic E-state index is 11.0. The van der Waals surface area contributed by atoms with Crippen LogP contribution in [0.1, 0.15) is 5.56 Å². The summed E-state index contributed by atoms with van der Waals surface area (Å²) in [6, 6.07) is 8.98. The summed E-state index contributed by atoms with van der Waals surface area (Å²) in [7, 11) is -9.69. The van der Waals surface area contributed by atoms with Crippen molar-refractivity contribution < 1.29 is 28.7 Å². The fraction of sp³-hybridized carbons (Fsp3) is 0.333. The third-order valence-corrected chi connectivity index (χ3v) is 6.00. The molecule has 102 valence electrons. The summed E-state index contributed by atoms with van der Waals surface area (Å²) in [6.45, 7) is -0.180. The molecular formula is C9H15NO6P2. The number of rotatable bonds is 6. The van der Waals surface area contributed by atoms with Crippen LogP contribution in [0.4, 0.5) is 0 Å². The van der Waals surface area contributed by atoms with Crippen LogP contribution in [0.25, 0.3) is 0 Å². The molecule has 7 nitrogen and oxygen atoms in total. The highest BCUT2D eigenvalue weighted by Gasteiger charge is 2.42. The minimum atomic E-state index is -4.84. The van der Waals surface area contributed by atoms with Crippen molar-refractivity contribution in [2.75, 3.05) is 6.54 Å². The molecule has 0 amide bonds. The molecule has 0 unspecified atom stereocenters. The first-order chi connectivity index (χ1) is 8.21. The van der Waals surface area contributed by atoms with Gasteiger partial charge in [0, 0.05) is 13.1 Å². The third-order valence-electron chi connectivity index (χ3n) is 2.28. The zero-order valence-electron chi connectivity index (χ0n) is 9.38. The molecule has 0 radical (unpaired) electrons. The van der Waals surface area contributed by atoms with Gasteiger partial charge >= 0.3 is 15.2 Å². The molecule has 0 fully saturated rings. The van der Waals surface area contributed by atoms with E-state index >= 15 is 0 Å². The molecule has 0 aliphatic rings. The van der Waals surface area contributed by atoms with E-state index in [1.807, 2.05) is 6.07 Å². The van der Waals surface area contributed by atoms with E-state index in [1.54, 1.807) is 24.3 Å². The first-order valence-corrected chi connectivity index (χ1v) is 8.42. The van der Waals surface area contributed by atoms with Crippen LogP contribution in [-0.4, -0.2) is 31.5 Å². The van der Waals surface area contributed by atoms with Gasteiger partial charge in [0.15, 0.2) is 5.40 Å². The lowest BCUT2D eigenvalue weighted by atomic mass is 10.2. The Morgan fingerprint density at radius 3 is 1.94 bits per heavy atom. The first-order valence-electron chi connectivity index (χ1n) is 5.06. The number of nitrogens with one attached hydrogen (secondary N) is 1. The largest absolute Gasteiger partial charge is 0.342 e. The zero-order chi connectivity index (χ0) is 13.8. The Morgan fingerprint density at radius 1 is 1.00 bits per heavy atom. The van der Waals surface area contributed by atoms with Crippen molar-refractivity contribution >= 4 is 15.2 Å². The Kier molecular flexibility index (Phi) is 5.25. The Morgan fingerprint density at radius 2 is 1.50 bits per heavy atom. The topological polar surface area (TPSA) is 127 Å². The van der Waals surface area contributed by atoms with Crippen LogP contribution in [0.3, 0.4) is 0 Å². The predicted octanol–water partition coefficient (Wildman–Crippen LogP) is 0.458. The Labute approximate surface area is 104 Å². The monoisotopic (exact) mass is 295 g/mol. The molecule has 18 heavy (non-hydrogen) atoms. The second kappa shape index (κ2) is 6.08. The van der Waals surface area contributed by atoms with Crippen molar-refractivity contribution in [3.8, 4) is 0 Å². The second-order valence-electron chi connectivity index (χ2n) is 3.78. The molecule has 1 rings (SSSR count). The van der Waals surface area contributed by atoms with Gasteiger partial charge in [-0.05, 0) is 5.56 Å². The molecule has 1 aromatic rings. The van der Waals surface area contributed by atoms with Gasteiger partial charge in [-0.2, -0.15) is 0 Å². The molecule has 0 aliphatic heterocycles. The van der Waals surface area contributed by atoms with Gasteiger partial charge in [-0.3, -0.25) is 9.13 Å². The maximum Gasteiger partial charge on any atom is 0.342 e. The second-order valence-corrected chi connectivity index (χ2v) is 7.79. The highest BCUT2D eigenvalue weighted by Crippen LogP contribution is 2.59. The molecule has 5 N–H and O–H groups in total. The van der Waals surface area contributed by atoms with Gasteiger partial charge in [0.25, 0.3) is 0 Å². The Bertz CT molecular complexity index is 445. The van der Waals surface area contributed by atoms with Gasteiger partial charge in [-0.1, -0.05) is 30.3 Å². The molecule has 0 aromatic heterocycles. The van der Waals surface area contributed by atoms with E-state index in [0.717, 1.165) is 5.56 Å². The van der Waals surface area contributed by atoms with Gasteiger partial charge in [0.1, 0.15) is 0 Å². The van der Waals surface area contributed by atoms with Gasteiger partial charge < -0.3 is 24.9 Å². The molecule has 0 heterocycles. The summed E-state index contributed by atoms with van der Waals surface area (Å²) in [5, 5.41) is 0.625. The van der Waals surface area contributed by atoms with E-state index in [4.69, 9.17) is 19.6 Å². The van der Waals surface area contributed by atoms with Crippen LogP contribution in [0, 0.1) is 0 Å². The number of hydrogen-bond donors (Lipinski definition) is 5. The lowest BCUT2D eigenvalue weighted by Crippen LogP contribution is -2.26. The number of hydrogen-bond acceptors (Lipinski definition) is 3. The van der Waals surface area contributed by atoms with Crippen LogP contribution in [0.2, 0.25) is 0 Å². The summed E-state index contributed by atoms with van der Waals surface area (Å²) in [5.74, 6) is 0. The highest BCUT2D eigenvalue weighted by atomic mass is 31.2. The van der Waals surface area contributed by atoms with Gasteiger partial charge in [0.05, 0.1) is 0 Å². The first kappa shape index (κ1) is 15.5. The molecule has 9 heteroatoms. The SMILES string of the molecule is O=P(O)(O)C(CNCc1ccccc1)P(=O)(O)O. The smallest absolute Gasteiger partial charge is 0.324 e. The van der Waals surface area contributed by atoms with Gasteiger partial charge in [0.2, 0.25) is 0 Å². The summed E-state index contributed by atoms with van der Waals surface area (Å²) in [5.41, 5.74) is 0.854. The fourth-order valence-electron chi connectivity index (χ4n) is 1.38. The Hall–Kier alpha value is -0.520. The fourth-order valence-corrected chi connectivity index (χ4v) is 3.68. The van der Waals surface area contributed by atoms with Gasteiger partial charge in [-0.15, -0.1) is 0 Å². The van der Waals surface area contributed by atoms with Crippen molar-refractivity contribution in [2.45, 2.75) is 11.9 Å². The normalized spacial score (nSPS) is 12.9. The Balaban J connectivity index is 2.60. The summed E-state index contributed by atoms with van der Waals surface area (Å²) >= 11 is 0. The van der Waals surface area contributed by atoms with Crippen molar-refractivity contribution in [1.82, 2.24) is 5.32 Å². The molecule has 0 aliphatic carbocycles. The van der Waals surface area contributed by atoms with Crippen molar-refractivity contribution in [3.63, 3.8) is 0 Å². The van der Waals surface area contributed by atoms with Gasteiger partial charge in [-0.25, -0.2) is 0 Å². The zero-order valence-corrected chi connectivity index (χ0v) is 11.2. The predicted molar refractivity (Wildman–Crippen MR) is 66.0 cm³/mol. The lowest BCUT2D eigenvalue weighted by Gasteiger charge is -2.19. The van der Waals surface area contributed by atoms with E-state index in [9.17, 15) is 9.13 Å². The standard InChI is InChI=1S/C9H15NO6P2/c11-17(12,13)9(18(14,15)16)7-10-6-8-4-2-1-3-5-8/h1-5,9-10H,6-7H2,(H2,11,12,13)(H2,14,15,16). The molecule has 0 atom stereocenters. The quantitative estimate of drug-likeness (QED) is 0.482. The number of benzene rings is 1. The minimum absolute atomic E-state index is 0.275. The third kappa shape index (κ3) is 5.00. The van der Waals surface area contributed by atoms with Crippen molar-refractivity contribution in [2.24, 2.45) is 0 Å². The highest BCUT2D eigenvalue weighted by molar-refractivity contribution is 7.70. The average Bonchev–Trinajstić information content (AvgIpc) is 2.22.